The van der Waals surface area contributed by atoms with E-state index < -0.39 is 0 Å². The first-order chi connectivity index (χ1) is 9.79. The number of nitrogens with zero attached hydrogens (tertiary/aromatic N) is 2. The molecule has 3 rings (SSSR count). The second-order valence-corrected chi connectivity index (χ2v) is 5.50. The van der Waals surface area contributed by atoms with Crippen LogP contribution >= 0.6 is 11.5 Å². The molecule has 2 heterocycles. The third-order valence-electron chi connectivity index (χ3n) is 3.67. The number of benzene rings is 1. The first-order valence-corrected chi connectivity index (χ1v) is 7.47. The van der Waals surface area contributed by atoms with E-state index in [0.717, 1.165) is 30.7 Å². The van der Waals surface area contributed by atoms with E-state index in [2.05, 4.69) is 10.4 Å². The number of rotatable bonds is 3. The van der Waals surface area contributed by atoms with Crippen LogP contribution < -0.4 is 4.74 Å². The van der Waals surface area contributed by atoms with Gasteiger partial charge in [-0.3, -0.25) is 4.79 Å². The molecular formula is C15H16N2O2S. The van der Waals surface area contributed by atoms with Crippen LogP contribution in [0.1, 0.15) is 34.8 Å². The number of likely N-dealkylation sites (tertiary alicyclic amines) is 1. The van der Waals surface area contributed by atoms with Gasteiger partial charge in [0.15, 0.2) is 0 Å². The maximum Gasteiger partial charge on any atom is 0.256 e. The molecule has 0 N–H and O–H groups in total. The average molecular weight is 288 g/mol. The van der Waals surface area contributed by atoms with Crippen LogP contribution in [-0.4, -0.2) is 28.8 Å². The summed E-state index contributed by atoms with van der Waals surface area (Å²) in [7, 11) is 1.66. The quantitative estimate of drug-likeness (QED) is 0.871. The van der Waals surface area contributed by atoms with Crippen LogP contribution in [0.25, 0.3) is 0 Å². The van der Waals surface area contributed by atoms with Crippen molar-refractivity contribution in [2.45, 2.75) is 18.9 Å². The van der Waals surface area contributed by atoms with E-state index in [1.54, 1.807) is 13.3 Å². The van der Waals surface area contributed by atoms with Gasteiger partial charge in [0.05, 0.1) is 24.9 Å². The average Bonchev–Trinajstić information content (AvgIpc) is 3.17. The molecule has 0 bridgehead atoms. The zero-order valence-corrected chi connectivity index (χ0v) is 12.1. The second-order valence-electron chi connectivity index (χ2n) is 4.85. The zero-order chi connectivity index (χ0) is 13.9. The Hall–Kier alpha value is -1.88. The van der Waals surface area contributed by atoms with Gasteiger partial charge in [0.2, 0.25) is 0 Å². The molecule has 1 aliphatic rings. The molecule has 1 saturated heterocycles. The predicted octanol–water partition coefficient (Wildman–Crippen LogP) is 3.13. The number of hydrogen-bond donors (Lipinski definition) is 0. The van der Waals surface area contributed by atoms with Gasteiger partial charge in [-0.05, 0) is 42.1 Å². The summed E-state index contributed by atoms with van der Waals surface area (Å²) in [5.41, 5.74) is 1.82. The molecular weight excluding hydrogens is 272 g/mol. The first-order valence-electron chi connectivity index (χ1n) is 6.64. The number of aromatic nitrogens is 1. The lowest BCUT2D eigenvalue weighted by Gasteiger charge is -2.25. The first kappa shape index (κ1) is 13.1. The Morgan fingerprint density at radius 1 is 1.50 bits per heavy atom. The van der Waals surface area contributed by atoms with Gasteiger partial charge in [0.25, 0.3) is 5.91 Å². The van der Waals surface area contributed by atoms with E-state index in [1.807, 2.05) is 28.5 Å². The normalized spacial score (nSPS) is 18.2. The molecule has 0 saturated carbocycles. The highest BCUT2D eigenvalue weighted by Crippen LogP contribution is 2.34. The molecule has 1 unspecified atom stereocenters. The fourth-order valence-corrected chi connectivity index (χ4v) is 3.19. The van der Waals surface area contributed by atoms with Crippen LogP contribution in [0.5, 0.6) is 5.75 Å². The summed E-state index contributed by atoms with van der Waals surface area (Å²) in [4.78, 5) is 14.5. The Labute approximate surface area is 122 Å². The molecule has 0 radical (unpaired) electrons. The number of carbonyl (C=O) groups is 1. The minimum absolute atomic E-state index is 0.0732. The van der Waals surface area contributed by atoms with E-state index in [9.17, 15) is 4.79 Å². The fourth-order valence-electron chi connectivity index (χ4n) is 2.68. The standard InChI is InChI=1S/C15H16N2O2S/c1-19-13-5-2-4-11(8-13)14-6-3-7-17(14)15(18)12-9-16-20-10-12/h2,4-5,8-10,14H,3,6-7H2,1H3. The molecule has 1 aromatic carbocycles. The maximum atomic E-state index is 12.5. The lowest BCUT2D eigenvalue weighted by molar-refractivity contribution is 0.0736. The van der Waals surface area contributed by atoms with Crippen molar-refractivity contribution >= 4 is 17.4 Å². The monoisotopic (exact) mass is 288 g/mol. The van der Waals surface area contributed by atoms with E-state index in [4.69, 9.17) is 4.74 Å². The number of ether oxygens (including phenoxy) is 1. The van der Waals surface area contributed by atoms with Gasteiger partial charge in [-0.25, -0.2) is 4.37 Å². The highest BCUT2D eigenvalue weighted by atomic mass is 32.1. The van der Waals surface area contributed by atoms with Crippen molar-refractivity contribution in [3.05, 3.63) is 47.0 Å². The third-order valence-corrected chi connectivity index (χ3v) is 4.26. The van der Waals surface area contributed by atoms with Gasteiger partial charge in [0.1, 0.15) is 5.75 Å². The van der Waals surface area contributed by atoms with Crippen molar-refractivity contribution in [3.8, 4) is 5.75 Å². The highest BCUT2D eigenvalue weighted by molar-refractivity contribution is 7.03. The lowest BCUT2D eigenvalue weighted by atomic mass is 10.0. The van der Waals surface area contributed by atoms with Crippen molar-refractivity contribution in [2.24, 2.45) is 0 Å². The van der Waals surface area contributed by atoms with E-state index in [1.165, 1.54) is 11.5 Å². The van der Waals surface area contributed by atoms with Crippen molar-refractivity contribution in [3.63, 3.8) is 0 Å². The molecule has 104 valence electrons. The smallest absolute Gasteiger partial charge is 0.256 e. The maximum absolute atomic E-state index is 12.5. The number of carbonyl (C=O) groups excluding carboxylic acids is 1. The Morgan fingerprint density at radius 3 is 3.15 bits per heavy atom. The Bertz CT molecular complexity index is 598. The molecule has 0 aliphatic carbocycles. The molecule has 1 amide bonds. The van der Waals surface area contributed by atoms with Crippen LogP contribution in [0.4, 0.5) is 0 Å². The minimum atomic E-state index is 0.0732. The molecule has 4 nitrogen and oxygen atoms in total. The summed E-state index contributed by atoms with van der Waals surface area (Å²) < 4.78 is 9.28. The number of methoxy groups -OCH3 is 1. The Kier molecular flexibility index (Phi) is 3.69. The Morgan fingerprint density at radius 2 is 2.40 bits per heavy atom. The van der Waals surface area contributed by atoms with E-state index in [-0.39, 0.29) is 11.9 Å². The topological polar surface area (TPSA) is 42.4 Å². The number of hydrogen-bond acceptors (Lipinski definition) is 4. The molecule has 2 aromatic rings. The molecule has 1 aromatic heterocycles. The van der Waals surface area contributed by atoms with Crippen molar-refractivity contribution < 1.29 is 9.53 Å². The largest absolute Gasteiger partial charge is 0.497 e. The van der Waals surface area contributed by atoms with Crippen LogP contribution in [0.2, 0.25) is 0 Å². The molecule has 1 fully saturated rings. The fraction of sp³-hybridized carbons (Fsp3) is 0.333. The van der Waals surface area contributed by atoms with Gasteiger partial charge in [-0.15, -0.1) is 0 Å². The summed E-state index contributed by atoms with van der Waals surface area (Å²) in [5, 5.41) is 1.81. The van der Waals surface area contributed by atoms with Crippen LogP contribution in [0, 0.1) is 0 Å². The highest BCUT2D eigenvalue weighted by Gasteiger charge is 2.31. The summed E-state index contributed by atoms with van der Waals surface area (Å²) in [6.07, 6.45) is 3.68. The van der Waals surface area contributed by atoms with Crippen molar-refractivity contribution in [2.75, 3.05) is 13.7 Å². The summed E-state index contributed by atoms with van der Waals surface area (Å²) in [5.74, 6) is 0.906. The van der Waals surface area contributed by atoms with Gasteiger partial charge in [-0.2, -0.15) is 0 Å². The van der Waals surface area contributed by atoms with Crippen LogP contribution in [0.15, 0.2) is 35.8 Å². The summed E-state index contributed by atoms with van der Waals surface area (Å²) >= 11 is 1.31. The minimum Gasteiger partial charge on any atom is -0.497 e. The number of amides is 1. The van der Waals surface area contributed by atoms with E-state index in [0.29, 0.717) is 5.56 Å². The van der Waals surface area contributed by atoms with Crippen LogP contribution in [-0.2, 0) is 0 Å². The molecule has 0 spiro atoms. The SMILES string of the molecule is COc1cccc(C2CCCN2C(=O)c2cnsc2)c1. The van der Waals surface area contributed by atoms with Gasteiger partial charge < -0.3 is 9.64 Å². The van der Waals surface area contributed by atoms with Gasteiger partial charge in [-0.1, -0.05) is 12.1 Å². The molecule has 1 atom stereocenters. The van der Waals surface area contributed by atoms with Gasteiger partial charge >= 0.3 is 0 Å². The van der Waals surface area contributed by atoms with Crippen molar-refractivity contribution in [1.82, 2.24) is 9.27 Å². The summed E-state index contributed by atoms with van der Waals surface area (Å²) in [6, 6.07) is 8.11. The van der Waals surface area contributed by atoms with Crippen LogP contribution in [0.3, 0.4) is 0 Å². The van der Waals surface area contributed by atoms with Crippen molar-refractivity contribution in [1.29, 1.82) is 0 Å². The molecule has 20 heavy (non-hydrogen) atoms. The Balaban J connectivity index is 1.86. The van der Waals surface area contributed by atoms with Gasteiger partial charge in [0, 0.05) is 11.9 Å². The predicted molar refractivity (Wildman–Crippen MR) is 78.1 cm³/mol. The molecule has 1 aliphatic heterocycles. The second kappa shape index (κ2) is 5.63. The zero-order valence-electron chi connectivity index (χ0n) is 11.3. The lowest BCUT2D eigenvalue weighted by Crippen LogP contribution is -2.30. The third kappa shape index (κ3) is 2.41. The molecule has 5 heteroatoms. The summed E-state index contributed by atoms with van der Waals surface area (Å²) in [6.45, 7) is 0.802. The van der Waals surface area contributed by atoms with E-state index >= 15 is 0 Å².